The minimum Gasteiger partial charge on any atom is -0.331 e. The minimum atomic E-state index is -0.0885. The number of rotatable bonds is 11. The number of amides is 1. The molecule has 2 aromatic rings. The zero-order valence-corrected chi connectivity index (χ0v) is 28.8. The van der Waals surface area contributed by atoms with Crippen LogP contribution in [0, 0.1) is 5.92 Å². The first kappa shape index (κ1) is 33.9. The lowest BCUT2D eigenvalue weighted by molar-refractivity contribution is 0.0698. The second kappa shape index (κ2) is 15.8. The van der Waals surface area contributed by atoms with Crippen LogP contribution in [0.2, 0.25) is 0 Å². The molecular formula is C36H51BrN4O. The van der Waals surface area contributed by atoms with Gasteiger partial charge >= 0.3 is 0 Å². The summed E-state index contributed by atoms with van der Waals surface area (Å²) in [5.74, 6) is 1.05. The van der Waals surface area contributed by atoms with Crippen LogP contribution < -0.4 is 5.32 Å². The number of aliphatic imine (C=N–C) groups is 2. The summed E-state index contributed by atoms with van der Waals surface area (Å²) in [4.78, 5) is 26.7. The van der Waals surface area contributed by atoms with E-state index >= 15 is 0 Å². The van der Waals surface area contributed by atoms with Gasteiger partial charge in [-0.25, -0.2) is 0 Å². The quantitative estimate of drug-likeness (QED) is 0.250. The molecule has 1 heterocycles. The predicted octanol–water partition coefficient (Wildman–Crippen LogP) is 9.44. The third-order valence-corrected chi connectivity index (χ3v) is 9.03. The molecule has 5 nitrogen and oxygen atoms in total. The highest BCUT2D eigenvalue weighted by Crippen LogP contribution is 2.38. The predicted molar refractivity (Wildman–Crippen MR) is 184 cm³/mol. The monoisotopic (exact) mass is 634 g/mol. The Balaban J connectivity index is 2.17. The van der Waals surface area contributed by atoms with E-state index in [1.807, 2.05) is 19.1 Å². The number of nitrogens with zero attached hydrogens (tertiary/aromatic N) is 3. The van der Waals surface area contributed by atoms with Crippen molar-refractivity contribution in [3.05, 3.63) is 74.4 Å². The van der Waals surface area contributed by atoms with Gasteiger partial charge in [0.15, 0.2) is 0 Å². The van der Waals surface area contributed by atoms with Gasteiger partial charge in [-0.05, 0) is 78.8 Å². The number of benzene rings is 2. The van der Waals surface area contributed by atoms with Crippen molar-refractivity contribution in [3.8, 4) is 0 Å². The van der Waals surface area contributed by atoms with E-state index in [0.717, 1.165) is 58.5 Å². The van der Waals surface area contributed by atoms with Gasteiger partial charge in [-0.15, -0.1) is 0 Å². The molecule has 0 bridgehead atoms. The van der Waals surface area contributed by atoms with Crippen molar-refractivity contribution < 1.29 is 4.79 Å². The number of hydrogen-bond acceptors (Lipinski definition) is 4. The molecule has 2 unspecified atom stereocenters. The van der Waals surface area contributed by atoms with E-state index in [4.69, 9.17) is 9.98 Å². The molecule has 2 atom stereocenters. The molecule has 0 fully saturated rings. The summed E-state index contributed by atoms with van der Waals surface area (Å²) in [5, 5.41) is 3.65. The fourth-order valence-corrected chi connectivity index (χ4v) is 6.65. The molecule has 1 N–H and O–H groups in total. The fraction of sp³-hybridized carbons (Fsp3) is 0.528. The summed E-state index contributed by atoms with van der Waals surface area (Å²) >= 11 is 3.72. The molecule has 0 saturated heterocycles. The van der Waals surface area contributed by atoms with Crippen molar-refractivity contribution in [2.75, 3.05) is 19.6 Å². The Morgan fingerprint density at radius 1 is 1.07 bits per heavy atom. The number of carbonyl (C=O) groups is 1. The van der Waals surface area contributed by atoms with Crippen molar-refractivity contribution in [3.63, 3.8) is 0 Å². The second-order valence-corrected chi connectivity index (χ2v) is 12.9. The van der Waals surface area contributed by atoms with Crippen LogP contribution in [-0.2, 0) is 0 Å². The van der Waals surface area contributed by atoms with Crippen molar-refractivity contribution in [2.24, 2.45) is 15.9 Å². The molecule has 1 aliphatic heterocycles. The highest BCUT2D eigenvalue weighted by Gasteiger charge is 2.34. The normalized spacial score (nSPS) is 17.3. The fourth-order valence-electron chi connectivity index (χ4n) is 5.87. The van der Waals surface area contributed by atoms with E-state index in [9.17, 15) is 4.79 Å². The summed E-state index contributed by atoms with van der Waals surface area (Å²) in [6, 6.07) is 12.6. The Kier molecular flexibility index (Phi) is 12.7. The minimum absolute atomic E-state index is 0.0330. The van der Waals surface area contributed by atoms with Crippen LogP contribution in [0.25, 0.3) is 0 Å². The third kappa shape index (κ3) is 7.87. The molecule has 3 rings (SSSR count). The van der Waals surface area contributed by atoms with Gasteiger partial charge in [0, 0.05) is 48.2 Å². The molecule has 42 heavy (non-hydrogen) atoms. The molecule has 2 aromatic carbocycles. The molecule has 1 amide bonds. The van der Waals surface area contributed by atoms with Gasteiger partial charge in [0.05, 0.1) is 17.3 Å². The van der Waals surface area contributed by atoms with Gasteiger partial charge in [-0.1, -0.05) is 88.7 Å². The van der Waals surface area contributed by atoms with Crippen molar-refractivity contribution in [1.82, 2.24) is 10.2 Å². The Bertz CT molecular complexity index is 1310. The van der Waals surface area contributed by atoms with Crippen LogP contribution in [0.1, 0.15) is 120 Å². The lowest BCUT2D eigenvalue weighted by Crippen LogP contribution is -2.48. The maximum atomic E-state index is 14.6. The molecule has 228 valence electrons. The van der Waals surface area contributed by atoms with Crippen LogP contribution in [0.15, 0.2) is 62.1 Å². The Labute approximate surface area is 263 Å². The SMILES string of the molecule is CC=Nc1c(C(=O)N(CCC)C2CNCCC(N=C(C)c3ccc(C(C)C)cc3)=C2C(C)CC)ccc(Br)c1C(C)C. The average molecular weight is 636 g/mol. The first-order valence-electron chi connectivity index (χ1n) is 15.8. The Morgan fingerprint density at radius 3 is 2.33 bits per heavy atom. The smallest absolute Gasteiger partial charge is 0.256 e. The van der Waals surface area contributed by atoms with Gasteiger partial charge in [0.2, 0.25) is 0 Å². The van der Waals surface area contributed by atoms with E-state index in [0.29, 0.717) is 30.5 Å². The number of carbonyl (C=O) groups excluding carboxylic acids is 1. The standard InChI is InChI=1S/C36H51BrN4O/c1-10-21-41(36(42)29-17-18-30(37)33(24(6)7)35(29)39-12-3)32-22-38-20-19-31(34(32)25(8)11-2)40-26(9)28-15-13-27(14-16-28)23(4)5/h12-18,23-25,32,38H,10-11,19-22H2,1-9H3. The molecule has 6 heteroatoms. The van der Waals surface area contributed by atoms with Crippen LogP contribution in [0.4, 0.5) is 5.69 Å². The number of hydrogen-bond donors (Lipinski definition) is 1. The first-order valence-corrected chi connectivity index (χ1v) is 16.6. The summed E-state index contributed by atoms with van der Waals surface area (Å²) in [6.45, 7) is 21.6. The van der Waals surface area contributed by atoms with Gasteiger partial charge < -0.3 is 10.2 Å². The zero-order valence-electron chi connectivity index (χ0n) is 27.2. The van der Waals surface area contributed by atoms with E-state index < -0.39 is 0 Å². The molecule has 0 aromatic heterocycles. The molecule has 0 spiro atoms. The molecule has 1 aliphatic rings. The summed E-state index contributed by atoms with van der Waals surface area (Å²) in [7, 11) is 0. The highest BCUT2D eigenvalue weighted by atomic mass is 79.9. The summed E-state index contributed by atoms with van der Waals surface area (Å²) < 4.78 is 0.988. The zero-order chi connectivity index (χ0) is 31.0. The largest absolute Gasteiger partial charge is 0.331 e. The Morgan fingerprint density at radius 2 is 1.76 bits per heavy atom. The number of halogens is 1. The van der Waals surface area contributed by atoms with Gasteiger partial charge in [0.25, 0.3) is 5.91 Å². The number of nitrogens with one attached hydrogen (secondary N) is 1. The van der Waals surface area contributed by atoms with Crippen molar-refractivity contribution >= 4 is 39.5 Å². The molecule has 0 saturated carbocycles. The summed E-state index contributed by atoms with van der Waals surface area (Å²) in [5.41, 5.74) is 8.38. The summed E-state index contributed by atoms with van der Waals surface area (Å²) in [6.07, 6.45) is 4.49. The highest BCUT2D eigenvalue weighted by molar-refractivity contribution is 9.10. The van der Waals surface area contributed by atoms with Crippen molar-refractivity contribution in [1.29, 1.82) is 0 Å². The van der Waals surface area contributed by atoms with Crippen LogP contribution in [-0.4, -0.2) is 48.4 Å². The molecule has 0 aliphatic carbocycles. The van der Waals surface area contributed by atoms with Gasteiger partial charge in [0.1, 0.15) is 0 Å². The topological polar surface area (TPSA) is 57.1 Å². The van der Waals surface area contributed by atoms with Crippen molar-refractivity contribution in [2.45, 2.75) is 99.5 Å². The third-order valence-electron chi connectivity index (χ3n) is 8.34. The first-order chi connectivity index (χ1) is 20.0. The maximum Gasteiger partial charge on any atom is 0.256 e. The molecular weight excluding hydrogens is 584 g/mol. The van der Waals surface area contributed by atoms with E-state index in [2.05, 4.69) is 106 Å². The van der Waals surface area contributed by atoms with E-state index in [1.54, 1.807) is 6.21 Å². The van der Waals surface area contributed by atoms with E-state index in [-0.39, 0.29) is 17.9 Å². The van der Waals surface area contributed by atoms with Crippen LogP contribution in [0.5, 0.6) is 0 Å². The lowest BCUT2D eigenvalue weighted by Gasteiger charge is -2.36. The van der Waals surface area contributed by atoms with Crippen LogP contribution in [0.3, 0.4) is 0 Å². The average Bonchev–Trinajstić information content (AvgIpc) is 3.17. The van der Waals surface area contributed by atoms with Crippen LogP contribution >= 0.6 is 15.9 Å². The molecule has 0 radical (unpaired) electrons. The van der Waals surface area contributed by atoms with Gasteiger partial charge in [-0.2, -0.15) is 0 Å². The Hall–Kier alpha value is -2.57. The van der Waals surface area contributed by atoms with Gasteiger partial charge in [-0.3, -0.25) is 14.8 Å². The van der Waals surface area contributed by atoms with E-state index in [1.165, 1.54) is 11.1 Å². The lowest BCUT2D eigenvalue weighted by atomic mass is 9.88. The maximum absolute atomic E-state index is 14.6. The second-order valence-electron chi connectivity index (χ2n) is 12.1.